The summed E-state index contributed by atoms with van der Waals surface area (Å²) in [6.45, 7) is 2.13. The highest BCUT2D eigenvalue weighted by Gasteiger charge is 2.31. The number of nitrogens with two attached hydrogens (primary N) is 1. The lowest BCUT2D eigenvalue weighted by Gasteiger charge is -2.32. The van der Waals surface area contributed by atoms with Gasteiger partial charge in [0.2, 0.25) is 5.91 Å². The molecule has 3 atom stereocenters. The van der Waals surface area contributed by atoms with Gasteiger partial charge >= 0.3 is 0 Å². The second-order valence-electron chi connectivity index (χ2n) is 5.75. The molecule has 0 heterocycles. The lowest BCUT2D eigenvalue weighted by Crippen LogP contribution is -2.45. The highest BCUT2D eigenvalue weighted by Crippen LogP contribution is 2.25. The van der Waals surface area contributed by atoms with Crippen LogP contribution in [0.4, 0.5) is 4.39 Å². The molecule has 4 nitrogen and oxygen atoms in total. The Morgan fingerprint density at radius 3 is 2.86 bits per heavy atom. The van der Waals surface area contributed by atoms with Gasteiger partial charge in [0.05, 0.1) is 6.10 Å². The van der Waals surface area contributed by atoms with Gasteiger partial charge in [0.1, 0.15) is 5.82 Å². The van der Waals surface area contributed by atoms with Crippen LogP contribution < -0.4 is 11.1 Å². The van der Waals surface area contributed by atoms with Crippen LogP contribution in [-0.2, 0) is 16.1 Å². The van der Waals surface area contributed by atoms with Crippen molar-refractivity contribution in [2.45, 2.75) is 44.9 Å². The number of carbonyl (C=O) groups excluding carboxylic acids is 1. The summed E-state index contributed by atoms with van der Waals surface area (Å²) in [4.78, 5) is 12.2. The van der Waals surface area contributed by atoms with E-state index < -0.39 is 0 Å². The van der Waals surface area contributed by atoms with Gasteiger partial charge in [-0.05, 0) is 43.4 Å². The van der Waals surface area contributed by atoms with Crippen LogP contribution in [0.5, 0.6) is 0 Å². The van der Waals surface area contributed by atoms with Crippen molar-refractivity contribution in [1.82, 2.24) is 5.32 Å². The summed E-state index contributed by atoms with van der Waals surface area (Å²) < 4.78 is 18.5. The number of halogens is 1. The molecule has 3 N–H and O–H groups in total. The molecule has 116 valence electrons. The van der Waals surface area contributed by atoms with Gasteiger partial charge in [-0.15, -0.1) is 0 Å². The fourth-order valence-corrected chi connectivity index (χ4v) is 2.86. The zero-order valence-electron chi connectivity index (χ0n) is 12.6. The molecule has 1 aromatic rings. The second-order valence-corrected chi connectivity index (χ2v) is 5.75. The van der Waals surface area contributed by atoms with Crippen molar-refractivity contribution in [1.29, 1.82) is 0 Å². The van der Waals surface area contributed by atoms with Crippen LogP contribution in [0, 0.1) is 18.7 Å². The highest BCUT2D eigenvalue weighted by atomic mass is 19.1. The lowest BCUT2D eigenvalue weighted by molar-refractivity contribution is -0.127. The summed E-state index contributed by atoms with van der Waals surface area (Å²) in [5.41, 5.74) is 7.50. The number of aryl methyl sites for hydroxylation is 1. The van der Waals surface area contributed by atoms with E-state index in [4.69, 9.17) is 10.5 Å². The van der Waals surface area contributed by atoms with Crippen LogP contribution in [0.2, 0.25) is 0 Å². The van der Waals surface area contributed by atoms with Crippen molar-refractivity contribution in [3.05, 3.63) is 35.1 Å². The van der Waals surface area contributed by atoms with Gasteiger partial charge in [-0.1, -0.05) is 12.1 Å². The lowest BCUT2D eigenvalue weighted by atomic mass is 9.83. The van der Waals surface area contributed by atoms with Crippen LogP contribution in [0.1, 0.15) is 30.4 Å². The van der Waals surface area contributed by atoms with Crippen molar-refractivity contribution >= 4 is 5.91 Å². The van der Waals surface area contributed by atoms with Crippen LogP contribution in [-0.4, -0.2) is 25.2 Å². The van der Waals surface area contributed by atoms with Crippen molar-refractivity contribution < 1.29 is 13.9 Å². The quantitative estimate of drug-likeness (QED) is 0.891. The zero-order chi connectivity index (χ0) is 15.4. The molecule has 0 radical (unpaired) electrons. The summed E-state index contributed by atoms with van der Waals surface area (Å²) in [7, 11) is 1.65. The van der Waals surface area contributed by atoms with E-state index in [1.54, 1.807) is 26.2 Å². The van der Waals surface area contributed by atoms with Crippen molar-refractivity contribution in [3.63, 3.8) is 0 Å². The van der Waals surface area contributed by atoms with Crippen LogP contribution in [0.3, 0.4) is 0 Å². The van der Waals surface area contributed by atoms with Gasteiger partial charge in [0.25, 0.3) is 0 Å². The first-order valence-corrected chi connectivity index (χ1v) is 7.32. The first kappa shape index (κ1) is 15.9. The van der Waals surface area contributed by atoms with Gasteiger partial charge in [-0.2, -0.15) is 0 Å². The Labute approximate surface area is 124 Å². The monoisotopic (exact) mass is 294 g/mol. The number of nitrogens with one attached hydrogen (secondary N) is 1. The van der Waals surface area contributed by atoms with Gasteiger partial charge < -0.3 is 15.8 Å². The summed E-state index contributed by atoms with van der Waals surface area (Å²) >= 11 is 0. The molecule has 0 spiro atoms. The molecule has 1 aromatic carbocycles. The number of amides is 1. The molecule has 0 bridgehead atoms. The Morgan fingerprint density at radius 2 is 2.24 bits per heavy atom. The number of rotatable bonds is 4. The topological polar surface area (TPSA) is 64.3 Å². The predicted molar refractivity (Wildman–Crippen MR) is 79.1 cm³/mol. The number of hydrogen-bond acceptors (Lipinski definition) is 3. The van der Waals surface area contributed by atoms with Crippen molar-refractivity contribution in [2.75, 3.05) is 7.11 Å². The molecule has 1 amide bonds. The van der Waals surface area contributed by atoms with Crippen molar-refractivity contribution in [3.8, 4) is 0 Å². The number of hydrogen-bond donors (Lipinski definition) is 2. The molecular weight excluding hydrogens is 271 g/mol. The summed E-state index contributed by atoms with van der Waals surface area (Å²) in [6.07, 6.45) is 2.30. The summed E-state index contributed by atoms with van der Waals surface area (Å²) in [6, 6.07) is 4.78. The van der Waals surface area contributed by atoms with Crippen LogP contribution in [0.25, 0.3) is 0 Å². The maximum atomic E-state index is 13.2. The third-order valence-corrected chi connectivity index (χ3v) is 4.20. The largest absolute Gasteiger partial charge is 0.380 e. The molecule has 1 aliphatic rings. The number of methoxy groups -OCH3 is 1. The average molecular weight is 294 g/mol. The highest BCUT2D eigenvalue weighted by molar-refractivity contribution is 5.78. The Hall–Kier alpha value is -1.46. The SMILES string of the molecule is CO[C@@H]1CC[C@H](C(=O)NCc2ccc(F)c(C)c2)C[C@H]1N. The molecule has 1 aliphatic carbocycles. The molecule has 1 fully saturated rings. The molecule has 1 saturated carbocycles. The van der Waals surface area contributed by atoms with E-state index in [1.807, 2.05) is 0 Å². The number of benzene rings is 1. The maximum Gasteiger partial charge on any atom is 0.223 e. The second kappa shape index (κ2) is 7.00. The Balaban J connectivity index is 1.86. The first-order valence-electron chi connectivity index (χ1n) is 7.32. The smallest absolute Gasteiger partial charge is 0.223 e. The number of ether oxygens (including phenoxy) is 1. The van der Waals surface area contributed by atoms with E-state index in [0.717, 1.165) is 18.4 Å². The minimum Gasteiger partial charge on any atom is -0.380 e. The molecule has 21 heavy (non-hydrogen) atoms. The van der Waals surface area contributed by atoms with Crippen molar-refractivity contribution in [2.24, 2.45) is 11.7 Å². The fourth-order valence-electron chi connectivity index (χ4n) is 2.86. The van der Waals surface area contributed by atoms with E-state index in [0.29, 0.717) is 18.5 Å². The number of carbonyl (C=O) groups is 1. The maximum absolute atomic E-state index is 13.2. The van der Waals surface area contributed by atoms with E-state index in [-0.39, 0.29) is 29.8 Å². The Bertz CT molecular complexity index is 507. The Morgan fingerprint density at radius 1 is 1.48 bits per heavy atom. The normalized spacial score (nSPS) is 25.6. The minimum absolute atomic E-state index is 0.0157. The van der Waals surface area contributed by atoms with E-state index in [2.05, 4.69) is 5.32 Å². The molecule has 0 aliphatic heterocycles. The molecule has 5 heteroatoms. The van der Waals surface area contributed by atoms with Gasteiger partial charge in [0.15, 0.2) is 0 Å². The van der Waals surface area contributed by atoms with E-state index in [1.165, 1.54) is 6.07 Å². The third-order valence-electron chi connectivity index (χ3n) is 4.20. The van der Waals surface area contributed by atoms with Gasteiger partial charge in [-0.3, -0.25) is 4.79 Å². The molecule has 0 aromatic heterocycles. The summed E-state index contributed by atoms with van der Waals surface area (Å²) in [5, 5.41) is 2.91. The zero-order valence-corrected chi connectivity index (χ0v) is 12.6. The van der Waals surface area contributed by atoms with E-state index in [9.17, 15) is 9.18 Å². The Kier molecular flexibility index (Phi) is 5.31. The molecule has 2 rings (SSSR count). The minimum atomic E-state index is -0.228. The molecular formula is C16H23FN2O2. The van der Waals surface area contributed by atoms with E-state index >= 15 is 0 Å². The standard InChI is InChI=1S/C16H23FN2O2/c1-10-7-11(3-5-13(10)17)9-19-16(20)12-4-6-15(21-2)14(18)8-12/h3,5,7,12,14-15H,4,6,8-9,18H2,1-2H3,(H,19,20)/t12-,14+,15+/m0/s1. The van der Waals surface area contributed by atoms with Crippen LogP contribution >= 0.6 is 0 Å². The summed E-state index contributed by atoms with van der Waals surface area (Å²) in [5.74, 6) is -0.274. The van der Waals surface area contributed by atoms with Crippen LogP contribution in [0.15, 0.2) is 18.2 Å². The fraction of sp³-hybridized carbons (Fsp3) is 0.562. The van der Waals surface area contributed by atoms with Gasteiger partial charge in [0, 0.05) is 25.6 Å². The first-order chi connectivity index (χ1) is 10.0. The molecule has 0 saturated heterocycles. The van der Waals surface area contributed by atoms with Gasteiger partial charge in [-0.25, -0.2) is 4.39 Å². The third kappa shape index (κ3) is 4.02. The molecule has 0 unspecified atom stereocenters. The predicted octanol–water partition coefficient (Wildman–Crippen LogP) is 1.89. The average Bonchev–Trinajstić information content (AvgIpc) is 2.48.